The summed E-state index contributed by atoms with van der Waals surface area (Å²) in [6, 6.07) is 8.62. The maximum Gasteiger partial charge on any atom is -0.00868 e. The van der Waals surface area contributed by atoms with Crippen molar-refractivity contribution in [2.24, 2.45) is 5.92 Å². The van der Waals surface area contributed by atoms with E-state index in [1.54, 1.807) is 0 Å². The molecule has 24 heavy (non-hydrogen) atoms. The van der Waals surface area contributed by atoms with Crippen LogP contribution in [0.4, 0.5) is 0 Å². The highest BCUT2D eigenvalue weighted by Crippen LogP contribution is 2.36. The van der Waals surface area contributed by atoms with Gasteiger partial charge in [-0.15, -0.1) is 0 Å². The Labute approximate surface area is 149 Å². The molecule has 1 aromatic carbocycles. The molecule has 0 fully saturated rings. The monoisotopic (exact) mass is 336 g/mol. The minimum absolute atomic E-state index is 0.535. The Kier molecular flexibility index (Phi) is 7.47. The SMILES string of the molecule is C=C(C1=CC=CCC1CC=CC)c1ccccc1/C=C\PC(C)C. The van der Waals surface area contributed by atoms with Crippen LogP contribution in [0.1, 0.15) is 44.7 Å². The molecular formula is C23H29P. The molecule has 0 aromatic heterocycles. The van der Waals surface area contributed by atoms with Crippen LogP contribution in [-0.2, 0) is 0 Å². The highest BCUT2D eigenvalue weighted by atomic mass is 31.1. The number of allylic oxidation sites excluding steroid dienone is 7. The molecule has 0 spiro atoms. The maximum absolute atomic E-state index is 4.45. The molecule has 2 rings (SSSR count). The van der Waals surface area contributed by atoms with Gasteiger partial charge in [-0.1, -0.05) is 95.5 Å². The van der Waals surface area contributed by atoms with E-state index in [1.807, 2.05) is 0 Å². The molecule has 0 bridgehead atoms. The van der Waals surface area contributed by atoms with Gasteiger partial charge < -0.3 is 0 Å². The highest BCUT2D eigenvalue weighted by Gasteiger charge is 2.18. The summed E-state index contributed by atoms with van der Waals surface area (Å²) in [5, 5.41) is 0. The first kappa shape index (κ1) is 18.7. The molecule has 0 nitrogen and oxygen atoms in total. The Morgan fingerprint density at radius 2 is 2.12 bits per heavy atom. The van der Waals surface area contributed by atoms with Crippen LogP contribution in [0, 0.1) is 5.92 Å². The summed E-state index contributed by atoms with van der Waals surface area (Å²) in [7, 11) is 0.860. The van der Waals surface area contributed by atoms with Gasteiger partial charge in [0.05, 0.1) is 0 Å². The minimum atomic E-state index is 0.535. The van der Waals surface area contributed by atoms with Crippen LogP contribution in [-0.4, -0.2) is 5.66 Å². The lowest BCUT2D eigenvalue weighted by Gasteiger charge is -2.23. The van der Waals surface area contributed by atoms with E-state index in [1.165, 1.54) is 22.3 Å². The molecule has 0 radical (unpaired) electrons. The lowest BCUT2D eigenvalue weighted by Crippen LogP contribution is -2.07. The van der Waals surface area contributed by atoms with Crippen molar-refractivity contribution in [3.8, 4) is 0 Å². The Bertz CT molecular complexity index is 671. The Hall–Kier alpha value is -1.65. The third-order valence-electron chi connectivity index (χ3n) is 4.26. The summed E-state index contributed by atoms with van der Waals surface area (Å²) >= 11 is 0. The van der Waals surface area contributed by atoms with Crippen LogP contribution < -0.4 is 0 Å². The topological polar surface area (TPSA) is 0 Å². The number of benzene rings is 1. The highest BCUT2D eigenvalue weighted by molar-refractivity contribution is 7.42. The average molecular weight is 336 g/mol. The zero-order valence-electron chi connectivity index (χ0n) is 15.1. The average Bonchev–Trinajstić information content (AvgIpc) is 2.60. The van der Waals surface area contributed by atoms with Crippen molar-refractivity contribution in [2.75, 3.05) is 0 Å². The van der Waals surface area contributed by atoms with Crippen LogP contribution in [0.5, 0.6) is 0 Å². The molecule has 1 aliphatic carbocycles. The predicted octanol–water partition coefficient (Wildman–Crippen LogP) is 7.23. The fourth-order valence-corrected chi connectivity index (χ4v) is 3.61. The smallest absolute Gasteiger partial charge is 0.00868 e. The molecule has 2 unspecified atom stereocenters. The molecule has 1 heteroatoms. The lowest BCUT2D eigenvalue weighted by atomic mass is 9.81. The molecular weight excluding hydrogens is 307 g/mol. The fourth-order valence-electron chi connectivity index (χ4n) is 2.95. The van der Waals surface area contributed by atoms with E-state index < -0.39 is 0 Å². The van der Waals surface area contributed by atoms with Gasteiger partial charge in [0.15, 0.2) is 0 Å². The maximum atomic E-state index is 4.45. The van der Waals surface area contributed by atoms with Crippen molar-refractivity contribution >= 4 is 20.2 Å². The van der Waals surface area contributed by atoms with E-state index >= 15 is 0 Å². The van der Waals surface area contributed by atoms with Crippen LogP contribution in [0.25, 0.3) is 11.6 Å². The third-order valence-corrected chi connectivity index (χ3v) is 5.28. The van der Waals surface area contributed by atoms with Gasteiger partial charge in [0.1, 0.15) is 0 Å². The largest absolute Gasteiger partial charge is 0.0957 e. The van der Waals surface area contributed by atoms with Gasteiger partial charge in [-0.05, 0) is 53.6 Å². The second-order valence-electron chi connectivity index (χ2n) is 6.51. The number of hydrogen-bond acceptors (Lipinski definition) is 0. The summed E-state index contributed by atoms with van der Waals surface area (Å²) < 4.78 is 0. The second-order valence-corrected chi connectivity index (χ2v) is 8.33. The van der Waals surface area contributed by atoms with Crippen molar-refractivity contribution in [2.45, 2.75) is 39.3 Å². The summed E-state index contributed by atoms with van der Waals surface area (Å²) in [5.41, 5.74) is 5.79. The summed E-state index contributed by atoms with van der Waals surface area (Å²) in [5.74, 6) is 2.84. The number of rotatable bonds is 7. The molecule has 0 amide bonds. The molecule has 0 aliphatic heterocycles. The lowest BCUT2D eigenvalue weighted by molar-refractivity contribution is 0.644. The molecule has 2 atom stereocenters. The van der Waals surface area contributed by atoms with Crippen molar-refractivity contribution in [1.29, 1.82) is 0 Å². The first-order valence-electron chi connectivity index (χ1n) is 8.82. The first-order chi connectivity index (χ1) is 11.6. The Morgan fingerprint density at radius 3 is 2.88 bits per heavy atom. The third kappa shape index (κ3) is 5.18. The van der Waals surface area contributed by atoms with Crippen molar-refractivity contribution in [1.82, 2.24) is 0 Å². The minimum Gasteiger partial charge on any atom is -0.0957 e. The van der Waals surface area contributed by atoms with E-state index in [-0.39, 0.29) is 0 Å². The van der Waals surface area contributed by atoms with Crippen LogP contribution in [0.3, 0.4) is 0 Å². The first-order valence-corrected chi connectivity index (χ1v) is 9.98. The standard InChI is InChI=1S/C23H29P/c1-5-6-11-20-12-7-9-14-22(20)19(4)23-15-10-8-13-21(23)16-17-24-18(2)3/h5-10,13-18,20,24H,4,11-12H2,1-3H3/b6-5?,17-16-. The quantitative estimate of drug-likeness (QED) is 0.364. The van der Waals surface area contributed by atoms with E-state index in [4.69, 9.17) is 0 Å². The van der Waals surface area contributed by atoms with Gasteiger partial charge in [-0.25, -0.2) is 0 Å². The molecule has 0 saturated heterocycles. The summed E-state index contributed by atoms with van der Waals surface area (Å²) in [4.78, 5) is 0. The Balaban J connectivity index is 2.27. The van der Waals surface area contributed by atoms with Crippen LogP contribution in [0.2, 0.25) is 0 Å². The molecule has 1 aromatic rings. The van der Waals surface area contributed by atoms with Gasteiger partial charge in [0.2, 0.25) is 0 Å². The van der Waals surface area contributed by atoms with Crippen molar-refractivity contribution < 1.29 is 0 Å². The van der Waals surface area contributed by atoms with E-state index in [0.717, 1.165) is 21.4 Å². The van der Waals surface area contributed by atoms with E-state index in [0.29, 0.717) is 11.6 Å². The fraction of sp³-hybridized carbons (Fsp3) is 0.304. The zero-order chi connectivity index (χ0) is 17.4. The second kappa shape index (κ2) is 9.60. The summed E-state index contributed by atoms with van der Waals surface area (Å²) in [6.45, 7) is 11.1. The molecule has 0 N–H and O–H groups in total. The molecule has 0 heterocycles. The van der Waals surface area contributed by atoms with E-state index in [2.05, 4.69) is 93.9 Å². The summed E-state index contributed by atoms with van der Waals surface area (Å²) in [6.07, 6.45) is 15.5. The van der Waals surface area contributed by atoms with Crippen LogP contribution >= 0.6 is 8.58 Å². The van der Waals surface area contributed by atoms with Gasteiger partial charge in [-0.2, -0.15) is 0 Å². The van der Waals surface area contributed by atoms with E-state index in [9.17, 15) is 0 Å². The molecule has 0 saturated carbocycles. The Morgan fingerprint density at radius 1 is 1.33 bits per heavy atom. The molecule has 126 valence electrons. The van der Waals surface area contributed by atoms with Gasteiger partial charge in [-0.3, -0.25) is 0 Å². The van der Waals surface area contributed by atoms with Gasteiger partial charge in [0, 0.05) is 0 Å². The van der Waals surface area contributed by atoms with Gasteiger partial charge in [0.25, 0.3) is 0 Å². The molecule has 1 aliphatic rings. The predicted molar refractivity (Wildman–Crippen MR) is 113 cm³/mol. The van der Waals surface area contributed by atoms with Crippen molar-refractivity contribution in [3.63, 3.8) is 0 Å². The van der Waals surface area contributed by atoms with Gasteiger partial charge >= 0.3 is 0 Å². The van der Waals surface area contributed by atoms with Crippen molar-refractivity contribution in [3.05, 3.63) is 83.7 Å². The normalized spacial score (nSPS) is 18.3. The zero-order valence-corrected chi connectivity index (χ0v) is 16.1. The van der Waals surface area contributed by atoms with Crippen LogP contribution in [0.15, 0.2) is 72.6 Å². The number of hydrogen-bond donors (Lipinski definition) is 0.